The van der Waals surface area contributed by atoms with Gasteiger partial charge in [-0.05, 0) is 50.7 Å². The zero-order chi connectivity index (χ0) is 14.1. The van der Waals surface area contributed by atoms with Gasteiger partial charge in [-0.2, -0.15) is 0 Å². The Kier molecular flexibility index (Phi) is 7.57. The summed E-state index contributed by atoms with van der Waals surface area (Å²) in [5.74, 6) is 1.05. The smallest absolute Gasteiger partial charge is 0.122 e. The first-order valence-corrected chi connectivity index (χ1v) is 7.65. The van der Waals surface area contributed by atoms with Gasteiger partial charge in [0.25, 0.3) is 0 Å². The summed E-state index contributed by atoms with van der Waals surface area (Å²) in [4.78, 5) is 0. The minimum atomic E-state index is 0.356. The Hall–Kier alpha value is -1.02. The SMILES string of the molecule is CCCOc1ccc(C)cc1CCCC(N)CCC. The van der Waals surface area contributed by atoms with Crippen LogP contribution in [0.5, 0.6) is 5.75 Å². The number of aryl methyl sites for hydroxylation is 2. The molecule has 108 valence electrons. The van der Waals surface area contributed by atoms with Crippen molar-refractivity contribution in [3.8, 4) is 5.75 Å². The van der Waals surface area contributed by atoms with Gasteiger partial charge in [0, 0.05) is 6.04 Å². The van der Waals surface area contributed by atoms with E-state index in [9.17, 15) is 0 Å². The summed E-state index contributed by atoms with van der Waals surface area (Å²) in [5, 5.41) is 0. The molecule has 2 N–H and O–H groups in total. The lowest BCUT2D eigenvalue weighted by molar-refractivity contribution is 0.313. The van der Waals surface area contributed by atoms with E-state index in [1.54, 1.807) is 0 Å². The summed E-state index contributed by atoms with van der Waals surface area (Å²) in [6.45, 7) is 7.26. The predicted molar refractivity (Wildman–Crippen MR) is 82.8 cm³/mol. The molecule has 1 unspecified atom stereocenters. The van der Waals surface area contributed by atoms with Crippen molar-refractivity contribution in [2.24, 2.45) is 5.73 Å². The number of ether oxygens (including phenoxy) is 1. The Bertz CT molecular complexity index is 362. The molecule has 2 nitrogen and oxygen atoms in total. The van der Waals surface area contributed by atoms with E-state index < -0.39 is 0 Å². The lowest BCUT2D eigenvalue weighted by Crippen LogP contribution is -2.19. The van der Waals surface area contributed by atoms with Crippen molar-refractivity contribution in [3.05, 3.63) is 29.3 Å². The van der Waals surface area contributed by atoms with Crippen LogP contribution >= 0.6 is 0 Å². The Labute approximate surface area is 118 Å². The number of rotatable bonds is 9. The van der Waals surface area contributed by atoms with E-state index in [1.165, 1.54) is 17.5 Å². The monoisotopic (exact) mass is 263 g/mol. The Morgan fingerprint density at radius 3 is 2.63 bits per heavy atom. The maximum absolute atomic E-state index is 6.07. The van der Waals surface area contributed by atoms with Crippen LogP contribution < -0.4 is 10.5 Å². The molecule has 1 aromatic carbocycles. The first kappa shape index (κ1) is 16.0. The highest BCUT2D eigenvalue weighted by Crippen LogP contribution is 2.22. The molecule has 0 heterocycles. The van der Waals surface area contributed by atoms with Crippen LogP contribution in [0.15, 0.2) is 18.2 Å². The van der Waals surface area contributed by atoms with Gasteiger partial charge in [0.05, 0.1) is 6.61 Å². The molecule has 1 aromatic rings. The summed E-state index contributed by atoms with van der Waals surface area (Å²) in [6.07, 6.45) is 6.68. The molecule has 0 aliphatic rings. The summed E-state index contributed by atoms with van der Waals surface area (Å²) >= 11 is 0. The van der Waals surface area contributed by atoms with Crippen molar-refractivity contribution in [1.82, 2.24) is 0 Å². The third kappa shape index (κ3) is 6.11. The third-order valence-corrected chi connectivity index (χ3v) is 3.36. The van der Waals surface area contributed by atoms with Gasteiger partial charge in [0.1, 0.15) is 5.75 Å². The molecular weight excluding hydrogens is 234 g/mol. The van der Waals surface area contributed by atoms with Crippen LogP contribution in [0.4, 0.5) is 0 Å². The van der Waals surface area contributed by atoms with E-state index in [1.807, 2.05) is 0 Å². The number of hydrogen-bond acceptors (Lipinski definition) is 2. The average Bonchev–Trinajstić information content (AvgIpc) is 2.38. The van der Waals surface area contributed by atoms with Gasteiger partial charge in [-0.1, -0.05) is 38.0 Å². The third-order valence-electron chi connectivity index (χ3n) is 3.36. The molecule has 19 heavy (non-hydrogen) atoms. The lowest BCUT2D eigenvalue weighted by atomic mass is 10.0. The maximum atomic E-state index is 6.07. The average molecular weight is 263 g/mol. The van der Waals surface area contributed by atoms with Gasteiger partial charge < -0.3 is 10.5 Å². The van der Waals surface area contributed by atoms with E-state index in [0.717, 1.165) is 44.5 Å². The fraction of sp³-hybridized carbons (Fsp3) is 0.647. The van der Waals surface area contributed by atoms with Gasteiger partial charge in [0.2, 0.25) is 0 Å². The van der Waals surface area contributed by atoms with Crippen LogP contribution in [0, 0.1) is 6.92 Å². The van der Waals surface area contributed by atoms with Crippen LogP contribution in [0.3, 0.4) is 0 Å². The van der Waals surface area contributed by atoms with Crippen LogP contribution in [0.1, 0.15) is 57.1 Å². The highest BCUT2D eigenvalue weighted by molar-refractivity contribution is 5.37. The highest BCUT2D eigenvalue weighted by Gasteiger charge is 2.06. The van der Waals surface area contributed by atoms with Crippen molar-refractivity contribution < 1.29 is 4.74 Å². The predicted octanol–water partition coefficient (Wildman–Crippen LogP) is 4.23. The van der Waals surface area contributed by atoms with E-state index in [4.69, 9.17) is 10.5 Å². The molecule has 0 radical (unpaired) electrons. The summed E-state index contributed by atoms with van der Waals surface area (Å²) in [7, 11) is 0. The molecule has 0 fully saturated rings. The molecule has 2 heteroatoms. The van der Waals surface area contributed by atoms with E-state index in [2.05, 4.69) is 39.0 Å². The Morgan fingerprint density at radius 1 is 1.16 bits per heavy atom. The number of benzene rings is 1. The zero-order valence-electron chi connectivity index (χ0n) is 12.7. The fourth-order valence-corrected chi connectivity index (χ4v) is 2.33. The van der Waals surface area contributed by atoms with Gasteiger partial charge in [0.15, 0.2) is 0 Å². The van der Waals surface area contributed by atoms with Gasteiger partial charge >= 0.3 is 0 Å². The molecular formula is C17H29NO. The second-order valence-electron chi connectivity index (χ2n) is 5.40. The molecule has 0 aliphatic carbocycles. The molecule has 1 rings (SSSR count). The van der Waals surface area contributed by atoms with E-state index >= 15 is 0 Å². The van der Waals surface area contributed by atoms with E-state index in [0.29, 0.717) is 6.04 Å². The largest absolute Gasteiger partial charge is 0.493 e. The van der Waals surface area contributed by atoms with Crippen LogP contribution in [0.2, 0.25) is 0 Å². The molecule has 0 aliphatic heterocycles. The lowest BCUT2D eigenvalue weighted by Gasteiger charge is -2.13. The molecule has 0 saturated heterocycles. The fourth-order valence-electron chi connectivity index (χ4n) is 2.33. The Balaban J connectivity index is 2.52. The number of nitrogens with two attached hydrogens (primary N) is 1. The van der Waals surface area contributed by atoms with E-state index in [-0.39, 0.29) is 0 Å². The first-order valence-electron chi connectivity index (χ1n) is 7.65. The highest BCUT2D eigenvalue weighted by atomic mass is 16.5. The maximum Gasteiger partial charge on any atom is 0.122 e. The Morgan fingerprint density at radius 2 is 1.95 bits per heavy atom. The van der Waals surface area contributed by atoms with Gasteiger partial charge in [-0.15, -0.1) is 0 Å². The summed E-state index contributed by atoms with van der Waals surface area (Å²) in [5.41, 5.74) is 8.70. The normalized spacial score (nSPS) is 12.4. The minimum absolute atomic E-state index is 0.356. The van der Waals surface area contributed by atoms with Crippen LogP contribution in [-0.2, 0) is 6.42 Å². The quantitative estimate of drug-likeness (QED) is 0.723. The second kappa shape index (κ2) is 8.98. The zero-order valence-corrected chi connectivity index (χ0v) is 12.7. The molecule has 0 saturated carbocycles. The first-order chi connectivity index (χ1) is 9.17. The standard InChI is InChI=1S/C17H29NO/c1-4-7-16(18)9-6-8-15-13-14(3)10-11-17(15)19-12-5-2/h10-11,13,16H,4-9,12,18H2,1-3H3. The molecule has 0 aromatic heterocycles. The molecule has 0 amide bonds. The van der Waals surface area contributed by atoms with Crippen molar-refractivity contribution >= 4 is 0 Å². The van der Waals surface area contributed by atoms with Crippen molar-refractivity contribution in [1.29, 1.82) is 0 Å². The van der Waals surface area contributed by atoms with Gasteiger partial charge in [-0.25, -0.2) is 0 Å². The topological polar surface area (TPSA) is 35.2 Å². The summed E-state index contributed by atoms with van der Waals surface area (Å²) in [6, 6.07) is 6.83. The number of hydrogen-bond donors (Lipinski definition) is 1. The van der Waals surface area contributed by atoms with Crippen LogP contribution in [-0.4, -0.2) is 12.6 Å². The molecule has 0 spiro atoms. The van der Waals surface area contributed by atoms with Crippen molar-refractivity contribution in [2.75, 3.05) is 6.61 Å². The minimum Gasteiger partial charge on any atom is -0.493 e. The van der Waals surface area contributed by atoms with Crippen molar-refractivity contribution in [2.45, 2.75) is 65.3 Å². The van der Waals surface area contributed by atoms with Crippen LogP contribution in [0.25, 0.3) is 0 Å². The summed E-state index contributed by atoms with van der Waals surface area (Å²) < 4.78 is 5.82. The van der Waals surface area contributed by atoms with Gasteiger partial charge in [-0.3, -0.25) is 0 Å². The molecule has 1 atom stereocenters. The van der Waals surface area contributed by atoms with Crippen molar-refractivity contribution in [3.63, 3.8) is 0 Å². The second-order valence-corrected chi connectivity index (χ2v) is 5.40. The molecule has 0 bridgehead atoms.